The van der Waals surface area contributed by atoms with Crippen LogP contribution in [-0.2, 0) is 4.79 Å². The van der Waals surface area contributed by atoms with Gasteiger partial charge in [0.25, 0.3) is 0 Å². The second kappa shape index (κ2) is 2.62. The number of carbonyl (C=O) groups is 1. The van der Waals surface area contributed by atoms with Crippen LogP contribution in [-0.4, -0.2) is 22.8 Å². The minimum absolute atomic E-state index is 0.151. The summed E-state index contributed by atoms with van der Waals surface area (Å²) in [6.45, 7) is 5.65. The first-order valence-electron chi connectivity index (χ1n) is 3.46. The summed E-state index contributed by atoms with van der Waals surface area (Å²) in [5, 5.41) is 0. The molecule has 0 aliphatic carbocycles. The second-order valence-electron chi connectivity index (χ2n) is 3.40. The molecule has 3 heteroatoms. The highest BCUT2D eigenvalue weighted by Crippen LogP contribution is 2.26. The molecule has 0 saturated carbocycles. The molecule has 1 rings (SSSR count). The predicted octanol–water partition coefficient (Wildman–Crippen LogP) is 1.60. The summed E-state index contributed by atoms with van der Waals surface area (Å²) in [7, 11) is 0. The molecule has 0 radical (unpaired) electrons. The maximum absolute atomic E-state index is 11.2. The van der Waals surface area contributed by atoms with Crippen molar-refractivity contribution in [3.8, 4) is 0 Å². The molecule has 1 fully saturated rings. The Kier molecular flexibility index (Phi) is 2.15. The summed E-state index contributed by atoms with van der Waals surface area (Å²) in [4.78, 5) is 11.2. The molecule has 1 saturated heterocycles. The molecular formula is C7H12BrNO. The minimum atomic E-state index is -0.151. The molecule has 0 aromatic heterocycles. The first-order chi connectivity index (χ1) is 4.52. The van der Waals surface area contributed by atoms with E-state index in [9.17, 15) is 4.79 Å². The molecule has 1 aliphatic rings. The predicted molar refractivity (Wildman–Crippen MR) is 43.9 cm³/mol. The molecule has 0 bridgehead atoms. The fourth-order valence-electron chi connectivity index (χ4n) is 1.16. The SMILES string of the molecule is CC1(C)CN(Br)CCC1=O. The number of ketones is 1. The van der Waals surface area contributed by atoms with Crippen molar-refractivity contribution in [2.75, 3.05) is 13.1 Å². The van der Waals surface area contributed by atoms with E-state index in [0.717, 1.165) is 13.1 Å². The normalized spacial score (nSPS) is 26.9. The Bertz CT molecular complexity index is 156. The van der Waals surface area contributed by atoms with Gasteiger partial charge in [0, 0.05) is 41.1 Å². The van der Waals surface area contributed by atoms with Crippen molar-refractivity contribution in [3.05, 3.63) is 0 Å². The molecule has 0 aromatic carbocycles. The highest BCUT2D eigenvalue weighted by atomic mass is 79.9. The van der Waals surface area contributed by atoms with Gasteiger partial charge in [-0.3, -0.25) is 4.79 Å². The van der Waals surface area contributed by atoms with Gasteiger partial charge < -0.3 is 0 Å². The number of Topliss-reactive ketones (excluding diaryl/α,β-unsaturated/α-hetero) is 1. The quantitative estimate of drug-likeness (QED) is 0.561. The minimum Gasteiger partial charge on any atom is -0.299 e. The van der Waals surface area contributed by atoms with Crippen molar-refractivity contribution in [2.45, 2.75) is 20.3 Å². The largest absolute Gasteiger partial charge is 0.299 e. The number of carbonyl (C=O) groups excluding carboxylic acids is 1. The van der Waals surface area contributed by atoms with E-state index in [2.05, 4.69) is 16.1 Å². The summed E-state index contributed by atoms with van der Waals surface area (Å²) in [6.07, 6.45) is 0.679. The van der Waals surface area contributed by atoms with Crippen LogP contribution in [0.1, 0.15) is 20.3 Å². The number of nitrogens with zero attached hydrogens (tertiary/aromatic N) is 1. The van der Waals surface area contributed by atoms with Crippen LogP contribution in [0.25, 0.3) is 0 Å². The van der Waals surface area contributed by atoms with E-state index in [1.807, 2.05) is 17.8 Å². The zero-order chi connectivity index (χ0) is 7.78. The van der Waals surface area contributed by atoms with Crippen LogP contribution in [0, 0.1) is 5.41 Å². The van der Waals surface area contributed by atoms with Crippen LogP contribution < -0.4 is 0 Å². The summed E-state index contributed by atoms with van der Waals surface area (Å²) in [5.74, 6) is 0.378. The van der Waals surface area contributed by atoms with Gasteiger partial charge in [-0.05, 0) is 0 Å². The van der Waals surface area contributed by atoms with E-state index < -0.39 is 0 Å². The number of hydrogen-bond acceptors (Lipinski definition) is 2. The number of rotatable bonds is 0. The third-order valence-electron chi connectivity index (χ3n) is 1.90. The zero-order valence-corrected chi connectivity index (χ0v) is 7.94. The van der Waals surface area contributed by atoms with E-state index in [-0.39, 0.29) is 5.41 Å². The Hall–Kier alpha value is 0.110. The highest BCUT2D eigenvalue weighted by molar-refractivity contribution is 9.07. The van der Waals surface area contributed by atoms with E-state index >= 15 is 0 Å². The lowest BCUT2D eigenvalue weighted by Crippen LogP contribution is -2.41. The second-order valence-corrected chi connectivity index (χ2v) is 4.40. The Labute approximate surface area is 69.9 Å². The average Bonchev–Trinajstić information content (AvgIpc) is 1.78. The zero-order valence-electron chi connectivity index (χ0n) is 6.35. The van der Waals surface area contributed by atoms with Gasteiger partial charge in [-0.1, -0.05) is 13.8 Å². The van der Waals surface area contributed by atoms with Gasteiger partial charge in [-0.25, -0.2) is 3.93 Å². The molecule has 0 N–H and O–H groups in total. The summed E-state index contributed by atoms with van der Waals surface area (Å²) >= 11 is 3.37. The van der Waals surface area contributed by atoms with Crippen LogP contribution in [0.5, 0.6) is 0 Å². The van der Waals surface area contributed by atoms with Crippen LogP contribution >= 0.6 is 16.1 Å². The van der Waals surface area contributed by atoms with E-state index in [0.29, 0.717) is 12.2 Å². The van der Waals surface area contributed by atoms with E-state index in [1.54, 1.807) is 0 Å². The molecule has 0 unspecified atom stereocenters. The maximum atomic E-state index is 11.2. The van der Waals surface area contributed by atoms with Crippen LogP contribution in [0.15, 0.2) is 0 Å². The topological polar surface area (TPSA) is 20.3 Å². The lowest BCUT2D eigenvalue weighted by atomic mass is 9.84. The Morgan fingerprint density at radius 1 is 1.60 bits per heavy atom. The van der Waals surface area contributed by atoms with E-state index in [1.165, 1.54) is 0 Å². The standard InChI is InChI=1S/C7H12BrNO/c1-7(2)5-9(8)4-3-6(7)10/h3-5H2,1-2H3. The Morgan fingerprint density at radius 2 is 2.20 bits per heavy atom. The molecule has 0 atom stereocenters. The third kappa shape index (κ3) is 1.58. The van der Waals surface area contributed by atoms with Gasteiger partial charge >= 0.3 is 0 Å². The van der Waals surface area contributed by atoms with Gasteiger partial charge in [0.15, 0.2) is 0 Å². The van der Waals surface area contributed by atoms with E-state index in [4.69, 9.17) is 0 Å². The van der Waals surface area contributed by atoms with Crippen molar-refractivity contribution in [1.82, 2.24) is 3.93 Å². The van der Waals surface area contributed by atoms with Crippen LogP contribution in [0.4, 0.5) is 0 Å². The maximum Gasteiger partial charge on any atom is 0.141 e. The Balaban J connectivity index is 2.63. The van der Waals surface area contributed by atoms with Crippen LogP contribution in [0.3, 0.4) is 0 Å². The van der Waals surface area contributed by atoms with Crippen molar-refractivity contribution in [3.63, 3.8) is 0 Å². The molecule has 10 heavy (non-hydrogen) atoms. The van der Waals surface area contributed by atoms with Crippen molar-refractivity contribution < 1.29 is 4.79 Å². The number of hydrogen-bond donors (Lipinski definition) is 0. The van der Waals surface area contributed by atoms with Crippen molar-refractivity contribution in [1.29, 1.82) is 0 Å². The smallest absolute Gasteiger partial charge is 0.141 e. The van der Waals surface area contributed by atoms with Gasteiger partial charge in [-0.15, -0.1) is 0 Å². The molecule has 0 aromatic rings. The molecule has 2 nitrogen and oxygen atoms in total. The monoisotopic (exact) mass is 205 g/mol. The first kappa shape index (κ1) is 8.21. The van der Waals surface area contributed by atoms with Crippen LogP contribution in [0.2, 0.25) is 0 Å². The summed E-state index contributed by atoms with van der Waals surface area (Å²) < 4.78 is 2.02. The van der Waals surface area contributed by atoms with Crippen molar-refractivity contribution in [2.24, 2.45) is 5.41 Å². The number of halogens is 1. The first-order valence-corrected chi connectivity index (χ1v) is 4.17. The molecule has 0 spiro atoms. The fourth-order valence-corrected chi connectivity index (χ4v) is 1.96. The lowest BCUT2D eigenvalue weighted by Gasteiger charge is -2.32. The molecule has 0 amide bonds. The summed E-state index contributed by atoms with van der Waals surface area (Å²) in [5.41, 5.74) is -0.151. The third-order valence-corrected chi connectivity index (χ3v) is 2.51. The van der Waals surface area contributed by atoms with Crippen molar-refractivity contribution >= 4 is 21.9 Å². The van der Waals surface area contributed by atoms with Gasteiger partial charge in [-0.2, -0.15) is 0 Å². The fraction of sp³-hybridized carbons (Fsp3) is 0.857. The number of piperidine rings is 1. The summed E-state index contributed by atoms with van der Waals surface area (Å²) in [6, 6.07) is 0. The highest BCUT2D eigenvalue weighted by Gasteiger charge is 2.33. The van der Waals surface area contributed by atoms with Gasteiger partial charge in [0.2, 0.25) is 0 Å². The lowest BCUT2D eigenvalue weighted by molar-refractivity contribution is -0.129. The molecule has 1 heterocycles. The molecule has 1 aliphatic heterocycles. The average molecular weight is 206 g/mol. The van der Waals surface area contributed by atoms with Gasteiger partial charge in [0.1, 0.15) is 5.78 Å². The Morgan fingerprint density at radius 3 is 2.60 bits per heavy atom. The molecular weight excluding hydrogens is 194 g/mol. The molecule has 58 valence electrons. The van der Waals surface area contributed by atoms with Gasteiger partial charge in [0.05, 0.1) is 0 Å².